The van der Waals surface area contributed by atoms with E-state index >= 15 is 0 Å². The van der Waals surface area contributed by atoms with E-state index in [1.807, 2.05) is 63.2 Å². The highest BCUT2D eigenvalue weighted by molar-refractivity contribution is 9.10. The zero-order valence-corrected chi connectivity index (χ0v) is 23.8. The highest BCUT2D eigenvalue weighted by Crippen LogP contribution is 2.68. The predicted octanol–water partition coefficient (Wildman–Crippen LogP) is 4.49. The minimum absolute atomic E-state index is 0.0885. The van der Waals surface area contributed by atoms with Crippen LogP contribution in [0.25, 0.3) is 21.9 Å². The molecule has 10 nitrogen and oxygen atoms in total. The highest BCUT2D eigenvalue weighted by atomic mass is 79.9. The normalized spacial score (nSPS) is 28.7. The average molecular weight is 592 g/mol. The summed E-state index contributed by atoms with van der Waals surface area (Å²) in [5.74, 6) is 1.67. The molecule has 0 bridgehead atoms. The van der Waals surface area contributed by atoms with Gasteiger partial charge < -0.3 is 29.4 Å². The van der Waals surface area contributed by atoms with E-state index in [9.17, 15) is 0 Å². The number of nitrogens with two attached hydrogens (primary N) is 1. The molecule has 7 rings (SSSR count). The van der Waals surface area contributed by atoms with Crippen molar-refractivity contribution in [2.45, 2.75) is 43.8 Å². The van der Waals surface area contributed by atoms with Crippen molar-refractivity contribution in [3.63, 3.8) is 0 Å². The summed E-state index contributed by atoms with van der Waals surface area (Å²) in [6, 6.07) is 9.93. The van der Waals surface area contributed by atoms with Crippen LogP contribution < -0.4 is 10.5 Å². The standard InChI is InChI=1S/C28H30BrN7O3/c1-27(2)38-22-18(12-37-16-6-5-15-9-20(29)24(30)34-21(15)10-16)19-11-28(19,23(22)39-27)36-8-7-17-25(33-14-35(3)4)31-13-32-26(17)36/h5-10,13-14,18-19,22-23H,11-12H2,1-4H3,(H2,30,34)/t18-,19-,22+,23+,28+/m0/s1. The van der Waals surface area contributed by atoms with Crippen LogP contribution in [-0.2, 0) is 15.0 Å². The van der Waals surface area contributed by atoms with Crippen LogP contribution in [0.1, 0.15) is 20.3 Å². The van der Waals surface area contributed by atoms with Gasteiger partial charge in [-0.3, -0.25) is 0 Å². The van der Waals surface area contributed by atoms with Gasteiger partial charge >= 0.3 is 0 Å². The number of pyridine rings is 1. The third-order valence-corrected chi connectivity index (χ3v) is 8.76. The first-order valence-electron chi connectivity index (χ1n) is 13.0. The fourth-order valence-electron chi connectivity index (χ4n) is 6.45. The van der Waals surface area contributed by atoms with Gasteiger partial charge in [-0.05, 0) is 66.4 Å². The summed E-state index contributed by atoms with van der Waals surface area (Å²) in [7, 11) is 3.87. The molecule has 0 unspecified atom stereocenters. The number of nitrogen functional groups attached to an aromatic ring is 1. The van der Waals surface area contributed by atoms with Crippen LogP contribution in [0.4, 0.5) is 11.6 Å². The molecule has 11 heteroatoms. The lowest BCUT2D eigenvalue weighted by Crippen LogP contribution is -2.37. The molecule has 0 radical (unpaired) electrons. The maximum Gasteiger partial charge on any atom is 0.166 e. The summed E-state index contributed by atoms with van der Waals surface area (Å²) in [6.45, 7) is 4.48. The zero-order chi connectivity index (χ0) is 27.1. The van der Waals surface area contributed by atoms with E-state index in [4.69, 9.17) is 19.9 Å². The monoisotopic (exact) mass is 591 g/mol. The van der Waals surface area contributed by atoms with Crippen molar-refractivity contribution >= 4 is 55.8 Å². The van der Waals surface area contributed by atoms with Crippen molar-refractivity contribution in [3.8, 4) is 5.75 Å². The summed E-state index contributed by atoms with van der Waals surface area (Å²) in [5, 5.41) is 1.91. The van der Waals surface area contributed by atoms with Gasteiger partial charge in [0.15, 0.2) is 11.6 Å². The van der Waals surface area contributed by atoms with Crippen molar-refractivity contribution in [2.24, 2.45) is 16.8 Å². The number of rotatable bonds is 6. The van der Waals surface area contributed by atoms with E-state index in [0.29, 0.717) is 24.2 Å². The van der Waals surface area contributed by atoms with Crippen molar-refractivity contribution in [1.29, 1.82) is 0 Å². The maximum absolute atomic E-state index is 6.57. The van der Waals surface area contributed by atoms with E-state index in [0.717, 1.165) is 38.6 Å². The molecule has 3 fully saturated rings. The zero-order valence-electron chi connectivity index (χ0n) is 22.2. The molecule has 4 heterocycles. The first-order valence-corrected chi connectivity index (χ1v) is 13.8. The second-order valence-corrected chi connectivity index (χ2v) is 12.2. The number of hydrogen-bond donors (Lipinski definition) is 1. The lowest BCUT2D eigenvalue weighted by molar-refractivity contribution is -0.162. The summed E-state index contributed by atoms with van der Waals surface area (Å²) in [6.07, 6.45) is 6.20. The van der Waals surface area contributed by atoms with Crippen molar-refractivity contribution in [3.05, 3.63) is 47.3 Å². The first-order chi connectivity index (χ1) is 18.7. The fourth-order valence-corrected chi connectivity index (χ4v) is 6.79. The number of benzene rings is 1. The third-order valence-electron chi connectivity index (χ3n) is 8.12. The number of nitrogens with zero attached hydrogens (tertiary/aromatic N) is 6. The number of ether oxygens (including phenoxy) is 3. The number of halogens is 1. The Hall–Kier alpha value is -3.28. The Kier molecular flexibility index (Phi) is 5.46. The predicted molar refractivity (Wildman–Crippen MR) is 152 cm³/mol. The first kappa shape index (κ1) is 24.7. The molecule has 202 valence electrons. The van der Waals surface area contributed by atoms with Gasteiger partial charge in [0, 0.05) is 37.7 Å². The molecule has 0 amide bonds. The fraction of sp³-hybridized carbons (Fsp3) is 0.429. The third kappa shape index (κ3) is 3.89. The smallest absolute Gasteiger partial charge is 0.166 e. The Morgan fingerprint density at radius 2 is 2.08 bits per heavy atom. The molecule has 3 aliphatic rings. The second kappa shape index (κ2) is 8.61. The number of aromatic nitrogens is 4. The largest absolute Gasteiger partial charge is 0.493 e. The lowest BCUT2D eigenvalue weighted by atomic mass is 10.0. The van der Waals surface area contributed by atoms with Gasteiger partial charge in [0.2, 0.25) is 0 Å². The van der Waals surface area contributed by atoms with Gasteiger partial charge in [-0.25, -0.2) is 19.9 Å². The molecular formula is C28H30BrN7O3. The van der Waals surface area contributed by atoms with Gasteiger partial charge in [-0.15, -0.1) is 0 Å². The molecule has 1 saturated heterocycles. The number of aliphatic imine (C=N–C) groups is 1. The quantitative estimate of drug-likeness (QED) is 0.258. The van der Waals surface area contributed by atoms with Crippen LogP contribution in [0.2, 0.25) is 0 Å². The molecule has 2 saturated carbocycles. The summed E-state index contributed by atoms with van der Waals surface area (Å²) in [4.78, 5) is 20.0. The topological polar surface area (TPSA) is 113 Å². The maximum atomic E-state index is 6.57. The molecule has 4 aromatic rings. The van der Waals surface area contributed by atoms with Gasteiger partial charge in [-0.2, -0.15) is 0 Å². The highest BCUT2D eigenvalue weighted by Gasteiger charge is 2.76. The van der Waals surface area contributed by atoms with Crippen molar-refractivity contribution in [1.82, 2.24) is 24.4 Å². The molecular weight excluding hydrogens is 562 g/mol. The Morgan fingerprint density at radius 1 is 1.23 bits per heavy atom. The number of fused-ring (bicyclic) bond motifs is 5. The number of hydrogen-bond acceptors (Lipinski definition) is 8. The molecule has 0 spiro atoms. The summed E-state index contributed by atoms with van der Waals surface area (Å²) >= 11 is 3.45. The Balaban J connectivity index is 1.20. The van der Waals surface area contributed by atoms with Crippen molar-refractivity contribution < 1.29 is 14.2 Å². The molecule has 2 aliphatic carbocycles. The molecule has 3 aromatic heterocycles. The van der Waals surface area contributed by atoms with Gasteiger partial charge in [0.1, 0.15) is 29.6 Å². The van der Waals surface area contributed by atoms with Crippen LogP contribution in [0.5, 0.6) is 5.75 Å². The van der Waals surface area contributed by atoms with E-state index < -0.39 is 5.79 Å². The molecule has 1 aromatic carbocycles. The van der Waals surface area contributed by atoms with Crippen LogP contribution in [0, 0.1) is 11.8 Å². The Bertz CT molecular complexity index is 1640. The van der Waals surface area contributed by atoms with Gasteiger partial charge in [0.25, 0.3) is 0 Å². The van der Waals surface area contributed by atoms with Crippen LogP contribution in [0.3, 0.4) is 0 Å². The minimum Gasteiger partial charge on any atom is -0.493 e. The molecule has 1 aliphatic heterocycles. The lowest BCUT2D eigenvalue weighted by Gasteiger charge is -2.25. The SMILES string of the molecule is CN(C)C=Nc1ncnc2c1ccn2[C@]12C[C@H]1[C@H](COc1ccc3cc(Br)c(N)nc3c1)[C@H]1OC(C)(C)O[C@H]12. The van der Waals surface area contributed by atoms with Crippen LogP contribution in [0.15, 0.2) is 52.3 Å². The Morgan fingerprint density at radius 3 is 2.90 bits per heavy atom. The average Bonchev–Trinajstić information content (AvgIpc) is 3.17. The molecule has 39 heavy (non-hydrogen) atoms. The van der Waals surface area contributed by atoms with Gasteiger partial charge in [0.05, 0.1) is 40.0 Å². The van der Waals surface area contributed by atoms with E-state index in [1.54, 1.807) is 12.7 Å². The van der Waals surface area contributed by atoms with Crippen LogP contribution >= 0.6 is 15.9 Å². The van der Waals surface area contributed by atoms with E-state index in [2.05, 4.69) is 46.6 Å². The summed E-state index contributed by atoms with van der Waals surface area (Å²) in [5.41, 5.74) is 7.41. The van der Waals surface area contributed by atoms with Crippen LogP contribution in [-0.4, -0.2) is 69.5 Å². The summed E-state index contributed by atoms with van der Waals surface area (Å²) < 4.78 is 22.5. The molecule has 2 N–H and O–H groups in total. The van der Waals surface area contributed by atoms with Crippen molar-refractivity contribution in [2.75, 3.05) is 26.4 Å². The Labute approximate surface area is 234 Å². The second-order valence-electron chi connectivity index (χ2n) is 11.3. The minimum atomic E-state index is -0.676. The van der Waals surface area contributed by atoms with Gasteiger partial charge in [-0.1, -0.05) is 0 Å². The van der Waals surface area contributed by atoms with E-state index in [-0.39, 0.29) is 23.7 Å². The molecule has 5 atom stereocenters. The number of anilines is 1. The van der Waals surface area contributed by atoms with E-state index in [1.165, 1.54) is 0 Å².